The van der Waals surface area contributed by atoms with Gasteiger partial charge in [0.05, 0.1) is 22.3 Å². The van der Waals surface area contributed by atoms with Crippen molar-refractivity contribution in [1.82, 2.24) is 14.5 Å². The van der Waals surface area contributed by atoms with E-state index in [2.05, 4.69) is 72.8 Å². The van der Waals surface area contributed by atoms with Crippen molar-refractivity contribution in [3.05, 3.63) is 216 Å². The van der Waals surface area contributed by atoms with E-state index in [0.29, 0.717) is 55.7 Å². The zero-order chi connectivity index (χ0) is 55.7. The van der Waals surface area contributed by atoms with Gasteiger partial charge in [-0.2, -0.15) is 0 Å². The van der Waals surface area contributed by atoms with Crippen LogP contribution in [0.25, 0.3) is 95.0 Å². The summed E-state index contributed by atoms with van der Waals surface area (Å²) in [5.74, 6) is -4.67. The SMILES string of the molecule is [2H]C([2H])([2H])c1cc(-c2c(C([2H])(C)C)cccc2C([2H])(C)C)ccc1-n1c(-c2cc(C([2H])(C)C)cc(C([2H])(C)C)c2O)nc2c(-c3[c-]c(-c4cc(-c5ccc(-c6ccccc6)cc5)ccn4)cc(-c4ccccc4)c3)cccc21.[Pt]. The first-order chi connectivity index (χ1) is 36.8. The van der Waals surface area contributed by atoms with Gasteiger partial charge in [0, 0.05) is 42.6 Å². The first-order valence-electron chi connectivity index (χ1n) is 27.7. The predicted molar refractivity (Wildman–Crippen MR) is 299 cm³/mol. The molecule has 0 atom stereocenters. The Hall–Kier alpha value is -7.13. The molecular weight excluding hydrogens is 1060 g/mol. The first-order valence-corrected chi connectivity index (χ1v) is 24.2. The van der Waals surface area contributed by atoms with Gasteiger partial charge in [-0.25, -0.2) is 4.98 Å². The molecule has 0 saturated carbocycles. The fourth-order valence-corrected chi connectivity index (χ4v) is 9.69. The number of fused-ring (bicyclic) bond motifs is 1. The molecule has 8 aromatic carbocycles. The third kappa shape index (κ3) is 9.66. The van der Waals surface area contributed by atoms with Gasteiger partial charge in [0.25, 0.3) is 0 Å². The van der Waals surface area contributed by atoms with Crippen LogP contribution in [0.15, 0.2) is 182 Å². The monoisotopic (exact) mass is 1130 g/mol. The Bertz CT molecular complexity index is 3850. The maximum absolute atomic E-state index is 12.5. The Kier molecular flexibility index (Phi) is 12.0. The minimum atomic E-state index is -2.71. The molecule has 0 saturated heterocycles. The minimum Gasteiger partial charge on any atom is -0.507 e. The van der Waals surface area contributed by atoms with Crippen LogP contribution in [0.2, 0.25) is 0 Å². The van der Waals surface area contributed by atoms with Gasteiger partial charge in [-0.05, 0) is 128 Å². The van der Waals surface area contributed by atoms with Crippen molar-refractivity contribution in [2.45, 2.75) is 85.8 Å². The average Bonchev–Trinajstić information content (AvgIpc) is 4.09. The number of imidazole rings is 1. The summed E-state index contributed by atoms with van der Waals surface area (Å²) in [5, 5.41) is 12.5. The number of phenols is 1. The molecule has 362 valence electrons. The van der Waals surface area contributed by atoms with Gasteiger partial charge in [0.15, 0.2) is 0 Å². The maximum atomic E-state index is 12.5. The van der Waals surface area contributed by atoms with E-state index in [1.807, 2.05) is 91.1 Å². The van der Waals surface area contributed by atoms with Gasteiger partial charge in [0.1, 0.15) is 11.6 Å². The number of phenolic OH excluding ortho intramolecular Hbond substituents is 1. The summed E-state index contributed by atoms with van der Waals surface area (Å²) in [6, 6.07) is 60.8. The Balaban J connectivity index is 0.00000757. The summed E-state index contributed by atoms with van der Waals surface area (Å²) in [5.41, 5.74) is 13.8. The fourth-order valence-electron chi connectivity index (χ4n) is 9.69. The largest absolute Gasteiger partial charge is 0.507 e. The quantitative estimate of drug-likeness (QED) is 0.124. The first kappa shape index (κ1) is 41.5. The van der Waals surface area contributed by atoms with Crippen molar-refractivity contribution in [3.8, 4) is 89.7 Å². The second-order valence-electron chi connectivity index (χ2n) is 19.3. The summed E-state index contributed by atoms with van der Waals surface area (Å²) < 4.78 is 66.2. The number of nitrogens with zero attached hydrogens (tertiary/aromatic N) is 3. The normalized spacial score (nSPS) is 13.8. The number of hydrogen-bond acceptors (Lipinski definition) is 3. The molecule has 0 radical (unpaired) electrons. The number of aromatic nitrogens is 3. The van der Waals surface area contributed by atoms with E-state index >= 15 is 0 Å². The molecular formula is C67H62N3OPt-. The van der Waals surface area contributed by atoms with E-state index in [1.165, 1.54) is 0 Å². The van der Waals surface area contributed by atoms with E-state index in [9.17, 15) is 14.7 Å². The molecule has 0 aliphatic heterocycles. The van der Waals surface area contributed by atoms with E-state index in [4.69, 9.17) is 9.97 Å². The fraction of sp³-hybridized carbons (Fsp3) is 0.194. The van der Waals surface area contributed by atoms with Crippen molar-refractivity contribution in [1.29, 1.82) is 0 Å². The Morgan fingerprint density at radius 1 is 0.514 bits per heavy atom. The number of pyridine rings is 1. The molecule has 0 unspecified atom stereocenters. The van der Waals surface area contributed by atoms with Crippen molar-refractivity contribution in [3.63, 3.8) is 0 Å². The van der Waals surface area contributed by atoms with Crippen molar-refractivity contribution >= 4 is 11.0 Å². The number of benzene rings is 8. The van der Waals surface area contributed by atoms with Crippen LogP contribution >= 0.6 is 0 Å². The zero-order valence-corrected chi connectivity index (χ0v) is 44.2. The second-order valence-corrected chi connectivity index (χ2v) is 19.3. The van der Waals surface area contributed by atoms with Crippen LogP contribution in [0.5, 0.6) is 5.75 Å². The molecule has 0 fully saturated rings. The van der Waals surface area contributed by atoms with Gasteiger partial charge >= 0.3 is 0 Å². The van der Waals surface area contributed by atoms with Gasteiger partial charge in [-0.1, -0.05) is 206 Å². The Labute approximate surface area is 450 Å². The van der Waals surface area contributed by atoms with Crippen LogP contribution in [0.1, 0.15) is 116 Å². The van der Waals surface area contributed by atoms with E-state index in [1.54, 1.807) is 84.2 Å². The maximum Gasteiger partial charge on any atom is 0.148 e. The zero-order valence-electron chi connectivity index (χ0n) is 48.9. The molecule has 0 bridgehead atoms. The minimum absolute atomic E-state index is 0. The van der Waals surface area contributed by atoms with E-state index in [-0.39, 0.29) is 55.0 Å². The number of hydrogen-bond donors (Lipinski definition) is 1. The van der Waals surface area contributed by atoms with Crippen LogP contribution < -0.4 is 0 Å². The summed E-state index contributed by atoms with van der Waals surface area (Å²) in [4.78, 5) is 10.3. The summed E-state index contributed by atoms with van der Waals surface area (Å²) in [7, 11) is 0. The molecule has 72 heavy (non-hydrogen) atoms. The average molecular weight is 1130 g/mol. The van der Waals surface area contributed by atoms with Gasteiger partial charge in [-0.15, -0.1) is 23.8 Å². The molecule has 4 nitrogen and oxygen atoms in total. The summed E-state index contributed by atoms with van der Waals surface area (Å²) in [6.07, 6.45) is 1.81. The molecule has 10 rings (SSSR count). The molecule has 0 aliphatic carbocycles. The molecule has 5 heteroatoms. The van der Waals surface area contributed by atoms with Crippen LogP contribution in [-0.4, -0.2) is 19.6 Å². The molecule has 2 heterocycles. The number of rotatable bonds is 12. The molecule has 1 N–H and O–H groups in total. The third-order valence-corrected chi connectivity index (χ3v) is 13.4. The third-order valence-electron chi connectivity index (χ3n) is 13.4. The molecule has 0 spiro atoms. The molecule has 0 aliphatic rings. The van der Waals surface area contributed by atoms with Crippen molar-refractivity contribution in [2.75, 3.05) is 0 Å². The predicted octanol–water partition coefficient (Wildman–Crippen LogP) is 18.4. The van der Waals surface area contributed by atoms with Gasteiger partial charge in [0.2, 0.25) is 0 Å². The van der Waals surface area contributed by atoms with Crippen LogP contribution in [-0.2, 0) is 21.1 Å². The smallest absolute Gasteiger partial charge is 0.148 e. The van der Waals surface area contributed by atoms with Crippen molar-refractivity contribution in [2.24, 2.45) is 0 Å². The van der Waals surface area contributed by atoms with Crippen molar-refractivity contribution < 1.29 is 35.8 Å². The standard InChI is InChI=1S/C67H62N3O.Pt/c1-41(2)52-38-59(44(7)8)66(71)60(39-52)67-69-65-58(24-17-25-63(65)70(67)62-31-30-51(34-45(62)9)64-56(42(3)4)22-16-23-57(64)43(5)6)54-35-53(47-20-14-11-15-21-47)36-55(37-54)61-40-50(32-33-68-61)49-28-26-48(27-29-49)46-18-12-10-13-19-46;/h10-36,38-44,71H,1-9H3;/q-1;/i9D3,41D,42D,43D,44D;. The molecule has 2 aromatic heterocycles. The van der Waals surface area contributed by atoms with Gasteiger partial charge in [-0.3, -0.25) is 9.55 Å². The van der Waals surface area contributed by atoms with Crippen LogP contribution in [0.3, 0.4) is 0 Å². The summed E-state index contributed by atoms with van der Waals surface area (Å²) in [6.45, 7) is 11.3. The number of aryl methyl sites for hydroxylation is 1. The number of aromatic hydroxyl groups is 1. The molecule has 0 amide bonds. The molecule has 10 aromatic rings. The van der Waals surface area contributed by atoms with Crippen LogP contribution in [0, 0.1) is 12.9 Å². The second kappa shape index (κ2) is 20.9. The Morgan fingerprint density at radius 3 is 1.72 bits per heavy atom. The van der Waals surface area contributed by atoms with E-state index in [0.717, 1.165) is 38.9 Å². The summed E-state index contributed by atoms with van der Waals surface area (Å²) >= 11 is 0. The number of para-hydroxylation sites is 1. The topological polar surface area (TPSA) is 50.9 Å². The Morgan fingerprint density at radius 2 is 1.10 bits per heavy atom. The van der Waals surface area contributed by atoms with Gasteiger partial charge < -0.3 is 5.11 Å². The van der Waals surface area contributed by atoms with Crippen LogP contribution in [0.4, 0.5) is 0 Å². The van der Waals surface area contributed by atoms with E-state index < -0.39 is 30.4 Å².